The zero-order chi connectivity index (χ0) is 18.1. The Morgan fingerprint density at radius 3 is 0.667 bits per heavy atom. The predicted octanol–water partition coefficient (Wildman–Crippen LogP) is 4.78. The van der Waals surface area contributed by atoms with Gasteiger partial charge >= 0.3 is 0 Å². The molecule has 0 aromatic heterocycles. The maximum atomic E-state index is 2.40. The molecule has 3 heteroatoms. The van der Waals surface area contributed by atoms with Crippen molar-refractivity contribution in [2.45, 2.75) is 80.1 Å². The van der Waals surface area contributed by atoms with Gasteiger partial charge in [-0.1, -0.05) is 41.5 Å². The first-order valence-electron chi connectivity index (χ1n) is 11.0. The third-order valence-corrected chi connectivity index (χ3v) is 5.99. The van der Waals surface area contributed by atoms with E-state index in [2.05, 4.69) is 41.5 Å². The van der Waals surface area contributed by atoms with Gasteiger partial charge in [-0.15, -0.1) is 0 Å². The molecule has 24 heavy (non-hydrogen) atoms. The van der Waals surface area contributed by atoms with Crippen LogP contribution in [0.3, 0.4) is 0 Å². The first-order valence-corrected chi connectivity index (χ1v) is 11.0. The minimum Gasteiger partial charge on any atom is -0.231 e. The van der Waals surface area contributed by atoms with Gasteiger partial charge < -0.3 is 0 Å². The molecule has 0 radical (unpaired) electrons. The van der Waals surface area contributed by atoms with Gasteiger partial charge in [-0.2, -0.15) is 0 Å². The van der Waals surface area contributed by atoms with Gasteiger partial charge in [0.25, 0.3) is 0 Å². The summed E-state index contributed by atoms with van der Waals surface area (Å²) in [5, 5.41) is 0. The van der Waals surface area contributed by atoms with Crippen molar-refractivity contribution in [2.24, 2.45) is 0 Å². The molecular weight excluding hydrogens is 294 g/mol. The zero-order valence-electron chi connectivity index (χ0n) is 17.9. The first kappa shape index (κ1) is 21.9. The van der Waals surface area contributed by atoms with Crippen LogP contribution < -0.4 is 0 Å². The molecule has 0 atom stereocenters. The molecule has 1 rings (SSSR count). The van der Waals surface area contributed by atoms with E-state index in [1.54, 1.807) is 0 Å². The van der Waals surface area contributed by atoms with Crippen LogP contribution in [0.2, 0.25) is 0 Å². The molecule has 0 unspecified atom stereocenters. The molecule has 0 spiro atoms. The summed E-state index contributed by atoms with van der Waals surface area (Å²) in [5.74, 6) is 0. The van der Waals surface area contributed by atoms with E-state index < -0.39 is 0 Å². The Morgan fingerprint density at radius 1 is 0.375 bits per heavy atom. The molecule has 1 saturated heterocycles. The molecule has 0 aromatic rings. The summed E-state index contributed by atoms with van der Waals surface area (Å²) < 4.78 is 4.15. The number of hydrogen-bond acceptors (Lipinski definition) is 0. The lowest BCUT2D eigenvalue weighted by molar-refractivity contribution is -1.27. The Labute approximate surface area is 153 Å². The van der Waals surface area contributed by atoms with Gasteiger partial charge in [-0.3, -0.25) is 0 Å². The Balaban J connectivity index is 3.29. The summed E-state index contributed by atoms with van der Waals surface area (Å²) in [6.07, 6.45) is 7.98. The van der Waals surface area contributed by atoms with E-state index >= 15 is 0 Å². The maximum absolute atomic E-state index is 2.40. The third kappa shape index (κ3) is 5.44. The summed E-state index contributed by atoms with van der Waals surface area (Å²) in [6.45, 7) is 26.9. The van der Waals surface area contributed by atoms with Gasteiger partial charge in [0.05, 0.1) is 39.3 Å². The molecule has 0 saturated carbocycles. The van der Waals surface area contributed by atoms with Crippen LogP contribution in [0.4, 0.5) is 0 Å². The lowest BCUT2D eigenvalue weighted by Crippen LogP contribution is -2.79. The third-order valence-electron chi connectivity index (χ3n) is 5.99. The highest BCUT2D eigenvalue weighted by molar-refractivity contribution is 4.50. The fourth-order valence-electron chi connectivity index (χ4n) is 6.07. The summed E-state index contributed by atoms with van der Waals surface area (Å²) in [6, 6.07) is 0. The van der Waals surface area contributed by atoms with Gasteiger partial charge in [-0.25, -0.2) is 13.4 Å². The largest absolute Gasteiger partial charge is 0.231 e. The normalized spacial score (nSPS) is 21.8. The van der Waals surface area contributed by atoms with Crippen molar-refractivity contribution in [3.8, 4) is 0 Å². The van der Waals surface area contributed by atoms with Crippen LogP contribution in [0.1, 0.15) is 80.1 Å². The number of nitrogens with zero attached hydrogens (tertiary/aromatic N) is 3. The van der Waals surface area contributed by atoms with E-state index in [4.69, 9.17) is 0 Å². The summed E-state index contributed by atoms with van der Waals surface area (Å²) in [5.41, 5.74) is 0. The lowest BCUT2D eigenvalue weighted by Gasteiger charge is -2.57. The fraction of sp³-hybridized carbons (Fsp3) is 1.00. The van der Waals surface area contributed by atoms with E-state index in [0.29, 0.717) is 0 Å². The van der Waals surface area contributed by atoms with Crippen LogP contribution in [0.5, 0.6) is 0 Å². The van der Waals surface area contributed by atoms with Crippen molar-refractivity contribution in [3.05, 3.63) is 0 Å². The van der Waals surface area contributed by atoms with Crippen LogP contribution in [0.25, 0.3) is 0 Å². The molecule has 144 valence electrons. The molecule has 0 bridgehead atoms. The summed E-state index contributed by atoms with van der Waals surface area (Å²) in [7, 11) is 0. The van der Waals surface area contributed by atoms with Gasteiger partial charge in [-0.05, 0) is 38.5 Å². The van der Waals surface area contributed by atoms with Crippen molar-refractivity contribution in [1.82, 2.24) is 0 Å². The van der Waals surface area contributed by atoms with Crippen LogP contribution in [-0.2, 0) is 0 Å². The molecule has 1 heterocycles. The maximum Gasteiger partial charge on any atom is 0.216 e. The van der Waals surface area contributed by atoms with Crippen molar-refractivity contribution in [2.75, 3.05) is 59.3 Å². The topological polar surface area (TPSA) is 0 Å². The standard InChI is InChI=1S/C21H48N3/c1-7-13-22(14-8-2)19-23(15-9-3,16-10-4)21-24(20-22,17-11-5)18-12-6/h7-21H2,1-6H3/q+3. The van der Waals surface area contributed by atoms with Crippen LogP contribution in [-0.4, -0.2) is 72.7 Å². The molecule has 1 aliphatic rings. The highest BCUT2D eigenvalue weighted by atomic mass is 15.7. The quantitative estimate of drug-likeness (QED) is 0.448. The summed E-state index contributed by atoms with van der Waals surface area (Å²) in [4.78, 5) is 0. The fourth-order valence-corrected chi connectivity index (χ4v) is 6.07. The van der Waals surface area contributed by atoms with Crippen LogP contribution in [0.15, 0.2) is 0 Å². The van der Waals surface area contributed by atoms with Gasteiger partial charge in [0.1, 0.15) is 0 Å². The highest BCUT2D eigenvalue weighted by Crippen LogP contribution is 2.32. The summed E-state index contributed by atoms with van der Waals surface area (Å²) >= 11 is 0. The van der Waals surface area contributed by atoms with Gasteiger partial charge in [0.15, 0.2) is 0 Å². The van der Waals surface area contributed by atoms with E-state index in [1.165, 1.54) is 111 Å². The Morgan fingerprint density at radius 2 is 0.542 bits per heavy atom. The monoisotopic (exact) mass is 342 g/mol. The second kappa shape index (κ2) is 10.1. The minimum atomic E-state index is 1.33. The van der Waals surface area contributed by atoms with Gasteiger partial charge in [0.2, 0.25) is 20.0 Å². The molecular formula is C21H48N3+3. The average molecular weight is 343 g/mol. The van der Waals surface area contributed by atoms with Crippen molar-refractivity contribution in [3.63, 3.8) is 0 Å². The van der Waals surface area contributed by atoms with Crippen molar-refractivity contribution >= 4 is 0 Å². The van der Waals surface area contributed by atoms with E-state index in [-0.39, 0.29) is 0 Å². The van der Waals surface area contributed by atoms with Crippen LogP contribution in [0, 0.1) is 0 Å². The number of quaternary nitrogens is 3. The van der Waals surface area contributed by atoms with E-state index in [9.17, 15) is 0 Å². The van der Waals surface area contributed by atoms with Crippen molar-refractivity contribution < 1.29 is 13.4 Å². The SMILES string of the molecule is CCC[N+]1(CCC)C[N+](CCC)(CCC)C[N+](CCC)(CCC)C1. The molecule has 0 amide bonds. The number of rotatable bonds is 12. The predicted molar refractivity (Wildman–Crippen MR) is 106 cm³/mol. The lowest BCUT2D eigenvalue weighted by atomic mass is 10.1. The van der Waals surface area contributed by atoms with E-state index in [1.807, 2.05) is 0 Å². The molecule has 0 aromatic carbocycles. The van der Waals surface area contributed by atoms with Gasteiger partial charge in [0, 0.05) is 0 Å². The highest BCUT2D eigenvalue weighted by Gasteiger charge is 2.53. The Hall–Kier alpha value is -0.120. The number of hydrogen-bond donors (Lipinski definition) is 0. The molecule has 0 N–H and O–H groups in total. The zero-order valence-corrected chi connectivity index (χ0v) is 17.9. The Kier molecular flexibility index (Phi) is 9.25. The molecule has 1 fully saturated rings. The Bertz CT molecular complexity index is 258. The second-order valence-electron chi connectivity index (χ2n) is 8.79. The van der Waals surface area contributed by atoms with E-state index in [0.717, 1.165) is 0 Å². The second-order valence-corrected chi connectivity index (χ2v) is 8.79. The molecule has 0 aliphatic carbocycles. The first-order chi connectivity index (χ1) is 11.5. The van der Waals surface area contributed by atoms with Crippen LogP contribution >= 0.6 is 0 Å². The molecule has 3 nitrogen and oxygen atoms in total. The smallest absolute Gasteiger partial charge is 0.216 e. The molecule has 1 aliphatic heterocycles. The average Bonchev–Trinajstić information content (AvgIpc) is 2.48. The minimum absolute atomic E-state index is 1.33. The van der Waals surface area contributed by atoms with Crippen molar-refractivity contribution in [1.29, 1.82) is 0 Å².